The van der Waals surface area contributed by atoms with Crippen molar-refractivity contribution >= 4 is 116 Å². The molecule has 4 nitrogen and oxygen atoms in total. The molecule has 6 aliphatic carbocycles. The smallest absolute Gasteiger partial charge is 0.179 e. The molecule has 0 aliphatic heterocycles. The molecule has 0 atom stereocenters. The molecule has 0 N–H and O–H groups in total. The fourth-order valence-electron chi connectivity index (χ4n) is 24.6. The van der Waals surface area contributed by atoms with E-state index in [0.717, 1.165) is 5.69 Å². The summed E-state index contributed by atoms with van der Waals surface area (Å²) in [6, 6.07) is 182. The molecule has 4 heterocycles. The number of rotatable bonds is 12. The van der Waals surface area contributed by atoms with Crippen molar-refractivity contribution in [1.29, 1.82) is 0 Å². The molecule has 0 saturated heterocycles. The van der Waals surface area contributed by atoms with Crippen LogP contribution in [0, 0.1) is 0 Å². The van der Waals surface area contributed by atoms with Crippen LogP contribution in [0.2, 0.25) is 0 Å². The third-order valence-electron chi connectivity index (χ3n) is 29.6. The zero-order valence-corrected chi connectivity index (χ0v) is 72.3. The number of hydrogen-bond donors (Lipinski definition) is 0. The van der Waals surface area contributed by atoms with Crippen molar-refractivity contribution in [2.24, 2.45) is 0 Å². The van der Waals surface area contributed by atoms with Crippen LogP contribution >= 0.6 is 0 Å². The summed E-state index contributed by atoms with van der Waals surface area (Å²) < 4.78 is 10.0. The van der Waals surface area contributed by atoms with Crippen LogP contribution in [0.5, 0.6) is 0 Å². The van der Waals surface area contributed by atoms with E-state index >= 15 is 0 Å². The van der Waals surface area contributed by atoms with Gasteiger partial charge in [0.05, 0.1) is 49.5 Å². The monoisotopic (exact) mass is 1670 g/mol. The van der Waals surface area contributed by atoms with Crippen LogP contribution < -0.4 is 20.7 Å². The standard InChI is InChI=1S/C63H42N2.C62H42N2Si/c1-4-19-41(20-5-1)63(42-21-6-2-7-22-42,43-23-8-3-9-24-43)44-25-18-26-45(39-44)64-55-33-16-14-27-47(55)54-40-46(35-37-57(54)64)65-56-34-17-15-32-52(56)61-58(65)38-36-53-59-48-28-10-12-30-50(48)60(62(53)61)51-31-13-11-29-49(51)59;1-4-20-43(21-5-1)65(44-22-6-2-7-23-44,45-24-8-3-9-25-45)46-26-18-19-41(39-46)63-55-33-16-14-27-47(55)54-40-42(35-37-57(54)63)64-56-34-17-15-32-52(56)61-58(64)38-36-53-59-48-28-10-12-30-50(48)60(62(53)61)51-31-13-11-29-49(51)59/h2*1-40,59-60H. The lowest BCUT2D eigenvalue weighted by atomic mass is 9.60. The highest BCUT2D eigenvalue weighted by atomic mass is 28.3. The highest BCUT2D eigenvalue weighted by Crippen LogP contribution is 2.61. The minimum atomic E-state index is -2.75. The predicted octanol–water partition coefficient (Wildman–Crippen LogP) is 27.5. The normalized spacial score (nSPS) is 15.1. The largest absolute Gasteiger partial charge is 0.309 e. The minimum Gasteiger partial charge on any atom is -0.309 e. The topological polar surface area (TPSA) is 19.7 Å². The van der Waals surface area contributed by atoms with Gasteiger partial charge in [0, 0.05) is 89.5 Å². The van der Waals surface area contributed by atoms with E-state index in [9.17, 15) is 0 Å². The molecular weight excluding hydrogens is 1590 g/mol. The van der Waals surface area contributed by atoms with Crippen LogP contribution in [-0.4, -0.2) is 26.3 Å². The van der Waals surface area contributed by atoms with Crippen molar-refractivity contribution in [3.8, 4) is 22.7 Å². The Morgan fingerprint density at radius 2 is 0.423 bits per heavy atom. The first-order valence-corrected chi connectivity index (χ1v) is 47.7. The van der Waals surface area contributed by atoms with Crippen molar-refractivity contribution in [3.05, 3.63) is 574 Å². The van der Waals surface area contributed by atoms with Crippen LogP contribution in [0.25, 0.3) is 110 Å². The average molecular weight is 1670 g/mol. The number of nitrogens with zero attached hydrogens (tertiary/aromatic N) is 4. The van der Waals surface area contributed by atoms with Gasteiger partial charge in [-0.05, 0) is 207 Å². The molecule has 6 aliphatic rings. The predicted molar refractivity (Wildman–Crippen MR) is 542 cm³/mol. The van der Waals surface area contributed by atoms with Crippen molar-refractivity contribution < 1.29 is 0 Å². The first-order chi connectivity index (χ1) is 64.6. The number of fused-ring (bicyclic) bond motifs is 12. The Balaban J connectivity index is 0.000000134. The number of benzene rings is 20. The summed E-state index contributed by atoms with van der Waals surface area (Å²) in [6.07, 6.45) is 0. The van der Waals surface area contributed by atoms with Gasteiger partial charge in [-0.1, -0.05) is 388 Å². The molecule has 130 heavy (non-hydrogen) atoms. The van der Waals surface area contributed by atoms with Crippen LogP contribution in [0.1, 0.15) is 113 Å². The molecular formula is C125H84N4Si. The van der Waals surface area contributed by atoms with E-state index < -0.39 is 13.5 Å². The van der Waals surface area contributed by atoms with Gasteiger partial charge in [-0.3, -0.25) is 0 Å². The molecule has 0 unspecified atom stereocenters. The van der Waals surface area contributed by atoms with E-state index in [-0.39, 0.29) is 23.7 Å². The SMILES string of the molecule is c1ccc(C(c2ccccc2)(c2ccccc2)c2cccc(-n3c4ccccc4c4cc(-n5c6ccccc6c6c7c(ccc65)C5c6ccccc6C7c6ccccc65)ccc43)c2)cc1.c1ccc([Si](c2ccccc2)(c2ccccc2)c2cccc(-n3c4ccccc4c4cc(-n5c6ccccc6c6c7c(ccc65)C5c6ccccc6C7c6ccccc65)ccc43)c2)cc1. The summed E-state index contributed by atoms with van der Waals surface area (Å²) in [6.45, 7) is 0. The van der Waals surface area contributed by atoms with E-state index in [2.05, 4.69) is 504 Å². The van der Waals surface area contributed by atoms with Crippen molar-refractivity contribution in [2.75, 3.05) is 0 Å². The van der Waals surface area contributed by atoms with Gasteiger partial charge >= 0.3 is 0 Å². The van der Waals surface area contributed by atoms with Gasteiger partial charge in [-0.15, -0.1) is 0 Å². The summed E-state index contributed by atoms with van der Waals surface area (Å²) in [5.74, 6) is 0.837. The fourth-order valence-corrected chi connectivity index (χ4v) is 29.4. The molecule has 5 heteroatoms. The molecule has 608 valence electrons. The minimum absolute atomic E-state index is 0.186. The molecule has 4 aromatic heterocycles. The molecule has 30 rings (SSSR count). The third-order valence-corrected chi connectivity index (χ3v) is 34.4. The quantitative estimate of drug-likeness (QED) is 0.0858. The van der Waals surface area contributed by atoms with E-state index in [0.29, 0.717) is 0 Å². The van der Waals surface area contributed by atoms with Gasteiger partial charge in [0.15, 0.2) is 8.07 Å². The Labute approximate surface area is 755 Å². The van der Waals surface area contributed by atoms with Crippen LogP contribution in [-0.2, 0) is 5.41 Å². The van der Waals surface area contributed by atoms with Gasteiger partial charge in [0.25, 0.3) is 0 Å². The number of para-hydroxylation sites is 4. The van der Waals surface area contributed by atoms with Crippen LogP contribution in [0.15, 0.2) is 485 Å². The maximum absolute atomic E-state index is 2.75. The van der Waals surface area contributed by atoms with Gasteiger partial charge in [-0.2, -0.15) is 0 Å². The molecule has 20 aromatic carbocycles. The summed E-state index contributed by atoms with van der Waals surface area (Å²) in [5, 5.41) is 15.8. The van der Waals surface area contributed by atoms with Crippen molar-refractivity contribution in [1.82, 2.24) is 18.3 Å². The number of aromatic nitrogens is 4. The van der Waals surface area contributed by atoms with Crippen LogP contribution in [0.4, 0.5) is 0 Å². The Morgan fingerprint density at radius 3 is 0.800 bits per heavy atom. The van der Waals surface area contributed by atoms with Gasteiger partial charge in [0.1, 0.15) is 0 Å². The summed E-state index contributed by atoms with van der Waals surface area (Å²) in [5.41, 5.74) is 36.1. The fraction of sp³-hybridized carbons (Fsp3) is 0.0400. The van der Waals surface area contributed by atoms with E-state index in [1.165, 1.54) is 214 Å². The third kappa shape index (κ3) is 10.6. The number of hydrogen-bond acceptors (Lipinski definition) is 0. The van der Waals surface area contributed by atoms with Gasteiger partial charge in [0.2, 0.25) is 0 Å². The second-order valence-corrected chi connectivity index (χ2v) is 39.6. The first kappa shape index (κ1) is 74.1. The van der Waals surface area contributed by atoms with Gasteiger partial charge < -0.3 is 18.3 Å². The average Bonchev–Trinajstić information content (AvgIpc) is 1.37. The lowest BCUT2D eigenvalue weighted by Crippen LogP contribution is -2.74. The summed E-state index contributed by atoms with van der Waals surface area (Å²) >= 11 is 0. The first-order valence-electron chi connectivity index (χ1n) is 45.7. The van der Waals surface area contributed by atoms with Crippen LogP contribution in [0.3, 0.4) is 0 Å². The molecule has 0 amide bonds. The maximum Gasteiger partial charge on any atom is 0.179 e. The van der Waals surface area contributed by atoms with E-state index in [4.69, 9.17) is 0 Å². The molecule has 24 aromatic rings. The van der Waals surface area contributed by atoms with E-state index in [1.54, 1.807) is 0 Å². The van der Waals surface area contributed by atoms with E-state index in [1.807, 2.05) is 0 Å². The zero-order valence-electron chi connectivity index (χ0n) is 71.3. The molecule has 0 spiro atoms. The lowest BCUT2D eigenvalue weighted by Gasteiger charge is -2.42. The Hall–Kier alpha value is -16.2. The Morgan fingerprint density at radius 1 is 0.162 bits per heavy atom. The van der Waals surface area contributed by atoms with Crippen molar-refractivity contribution in [3.63, 3.8) is 0 Å². The zero-order chi connectivity index (χ0) is 85.3. The second kappa shape index (κ2) is 29.2. The second-order valence-electron chi connectivity index (χ2n) is 35.8. The highest BCUT2D eigenvalue weighted by Gasteiger charge is 2.47. The lowest BCUT2D eigenvalue weighted by molar-refractivity contribution is 0.744. The molecule has 4 bridgehead atoms. The Bertz CT molecular complexity index is 7900. The summed E-state index contributed by atoms with van der Waals surface area (Å²) in [4.78, 5) is 0. The van der Waals surface area contributed by atoms with Crippen molar-refractivity contribution in [2.45, 2.75) is 29.1 Å². The Kier molecular flexibility index (Phi) is 16.6. The highest BCUT2D eigenvalue weighted by molar-refractivity contribution is 7.20. The molecule has 0 fully saturated rings. The molecule has 0 radical (unpaired) electrons. The van der Waals surface area contributed by atoms with Gasteiger partial charge in [-0.25, -0.2) is 0 Å². The maximum atomic E-state index is 2.52. The molecule has 0 saturated carbocycles. The summed E-state index contributed by atoms with van der Waals surface area (Å²) in [7, 11) is -2.75.